The van der Waals surface area contributed by atoms with Crippen molar-refractivity contribution in [3.8, 4) is 78.6 Å². The van der Waals surface area contributed by atoms with Crippen LogP contribution in [0.25, 0.3) is 83.9 Å². The van der Waals surface area contributed by atoms with Crippen LogP contribution in [0.15, 0.2) is 152 Å². The third-order valence-electron chi connectivity index (χ3n) is 13.3. The van der Waals surface area contributed by atoms with Gasteiger partial charge in [-0.05, 0) is 122 Å². The molecule has 0 amide bonds. The number of pyridine rings is 1. The van der Waals surface area contributed by atoms with E-state index in [0.717, 1.165) is 78.0 Å². The SMILES string of the molecule is [2H]C([2H])([2H])c1cc(-c2c(-c3ccccc3)cccc2C(C)(C)C)ccc1-n1c(-c2cc(C(C)C)cc(C(C)C)c2O)nc2c(-c3[c-]c(-c4cc(-c5ccc(C)cc5)ccn4)cc(C(C)(C)C)c3)cccc21.[Pt]. The van der Waals surface area contributed by atoms with Gasteiger partial charge in [-0.25, -0.2) is 4.98 Å². The molecule has 0 fully saturated rings. The van der Waals surface area contributed by atoms with Crippen LogP contribution in [-0.2, 0) is 31.9 Å². The molecule has 69 heavy (non-hydrogen) atoms. The summed E-state index contributed by atoms with van der Waals surface area (Å²) in [5.74, 6) is 0.730. The normalized spacial score (nSPS) is 12.8. The summed E-state index contributed by atoms with van der Waals surface area (Å²) in [5.41, 5.74) is 16.7. The van der Waals surface area contributed by atoms with E-state index < -0.39 is 6.85 Å². The van der Waals surface area contributed by atoms with E-state index in [1.165, 1.54) is 5.56 Å². The Morgan fingerprint density at radius 3 is 2.00 bits per heavy atom. The van der Waals surface area contributed by atoms with Gasteiger partial charge in [-0.1, -0.05) is 189 Å². The van der Waals surface area contributed by atoms with Gasteiger partial charge >= 0.3 is 0 Å². The zero-order valence-corrected chi connectivity index (χ0v) is 44.0. The molecule has 352 valence electrons. The standard InChI is InChI=1S/C64H64N3O.Pt/c1-39(2)47-36-53(40(3)4)61(68)54(37-47)62-66-60-52(48-33-49(35-50(34-48)63(7,8)9)56-38-45(30-31-65-56)43-26-24-41(5)25-27-43)21-17-23-58(60)67(62)57-29-28-46(32-42(57)6)59-51(44-18-14-13-15-19-44)20-16-22-55(59)64(10,11)12;/h13-32,34-40,68H,1-12H3;/q-1;/i6D3;. The molecule has 0 aliphatic rings. The molecule has 1 N–H and O–H groups in total. The average Bonchev–Trinajstić information content (AvgIpc) is 3.72. The van der Waals surface area contributed by atoms with Gasteiger partial charge in [0, 0.05) is 37.1 Å². The Hall–Kier alpha value is -6.35. The Morgan fingerprint density at radius 2 is 1.32 bits per heavy atom. The van der Waals surface area contributed by atoms with Crippen molar-refractivity contribution < 1.29 is 30.3 Å². The smallest absolute Gasteiger partial charge is 0.148 e. The fraction of sp³-hybridized carbons (Fsp3) is 0.250. The van der Waals surface area contributed by atoms with Crippen molar-refractivity contribution >= 4 is 11.0 Å². The minimum Gasteiger partial charge on any atom is -0.507 e. The van der Waals surface area contributed by atoms with Gasteiger partial charge < -0.3 is 5.11 Å². The van der Waals surface area contributed by atoms with Crippen LogP contribution in [0.4, 0.5) is 0 Å². The van der Waals surface area contributed by atoms with Gasteiger partial charge in [0.05, 0.1) is 22.3 Å². The molecule has 0 aliphatic carbocycles. The first-order valence-electron chi connectivity index (χ1n) is 25.4. The molecule has 0 unspecified atom stereocenters. The Bertz CT molecular complexity index is 3450. The fourth-order valence-corrected chi connectivity index (χ4v) is 9.39. The number of fused-ring (bicyclic) bond motifs is 1. The van der Waals surface area contributed by atoms with Crippen LogP contribution in [0.5, 0.6) is 5.75 Å². The molecule has 5 heteroatoms. The van der Waals surface area contributed by atoms with Crippen LogP contribution in [0.1, 0.15) is 119 Å². The van der Waals surface area contributed by atoms with Crippen molar-refractivity contribution in [1.29, 1.82) is 0 Å². The van der Waals surface area contributed by atoms with Gasteiger partial charge in [0.15, 0.2) is 0 Å². The predicted molar refractivity (Wildman–Crippen MR) is 287 cm³/mol. The number of phenols is 1. The van der Waals surface area contributed by atoms with Crippen molar-refractivity contribution in [2.24, 2.45) is 0 Å². The summed E-state index contributed by atoms with van der Waals surface area (Å²) in [4.78, 5) is 10.4. The second-order valence-electron chi connectivity index (χ2n) is 21.1. The third-order valence-corrected chi connectivity index (χ3v) is 13.3. The topological polar surface area (TPSA) is 50.9 Å². The first-order chi connectivity index (χ1) is 33.6. The molecule has 4 nitrogen and oxygen atoms in total. The van der Waals surface area contributed by atoms with Gasteiger partial charge in [-0.3, -0.25) is 9.55 Å². The molecular weight excluding hydrogens is 1020 g/mol. The van der Waals surface area contributed by atoms with Crippen molar-refractivity contribution in [3.05, 3.63) is 191 Å². The Kier molecular flexibility index (Phi) is 12.6. The monoisotopic (exact) mass is 1090 g/mol. The number of aromatic nitrogens is 3. The zero-order chi connectivity index (χ0) is 50.7. The van der Waals surface area contributed by atoms with E-state index in [9.17, 15) is 9.22 Å². The molecule has 0 bridgehead atoms. The van der Waals surface area contributed by atoms with Crippen LogP contribution < -0.4 is 0 Å². The number of aromatic hydroxyl groups is 1. The first-order valence-corrected chi connectivity index (χ1v) is 23.9. The molecule has 0 saturated heterocycles. The molecule has 0 radical (unpaired) electrons. The fourth-order valence-electron chi connectivity index (χ4n) is 9.39. The molecule has 2 heterocycles. The molecule has 0 aliphatic heterocycles. The van der Waals surface area contributed by atoms with E-state index in [0.29, 0.717) is 28.1 Å². The summed E-state index contributed by atoms with van der Waals surface area (Å²) in [6.07, 6.45) is 1.86. The van der Waals surface area contributed by atoms with Crippen LogP contribution in [-0.4, -0.2) is 19.6 Å². The molecule has 2 aromatic heterocycles. The number of rotatable bonds is 9. The Balaban J connectivity index is 0.00000693. The van der Waals surface area contributed by atoms with Crippen LogP contribution in [0, 0.1) is 19.8 Å². The summed E-state index contributed by atoms with van der Waals surface area (Å²) in [6.45, 7) is 21.2. The predicted octanol–water partition coefficient (Wildman–Crippen LogP) is 17.4. The van der Waals surface area contributed by atoms with Gasteiger partial charge in [0.2, 0.25) is 0 Å². The maximum Gasteiger partial charge on any atom is 0.148 e. The van der Waals surface area contributed by atoms with Crippen LogP contribution >= 0.6 is 0 Å². The summed E-state index contributed by atoms with van der Waals surface area (Å²) in [6, 6.07) is 53.5. The van der Waals surface area contributed by atoms with Crippen molar-refractivity contribution in [2.75, 3.05) is 0 Å². The number of benzene rings is 7. The largest absolute Gasteiger partial charge is 0.507 e. The van der Waals surface area contributed by atoms with E-state index in [4.69, 9.17) is 9.97 Å². The van der Waals surface area contributed by atoms with Crippen LogP contribution in [0.2, 0.25) is 0 Å². The molecule has 9 rings (SSSR count). The molecule has 7 aromatic carbocycles. The van der Waals surface area contributed by atoms with Crippen LogP contribution in [0.3, 0.4) is 0 Å². The van der Waals surface area contributed by atoms with Gasteiger partial charge in [0.1, 0.15) is 11.6 Å². The maximum atomic E-state index is 12.4. The van der Waals surface area contributed by atoms with Crippen molar-refractivity contribution in [1.82, 2.24) is 14.5 Å². The van der Waals surface area contributed by atoms with E-state index in [2.05, 4.69) is 173 Å². The quantitative estimate of drug-likeness (QED) is 0.147. The number of hydrogen-bond donors (Lipinski definition) is 1. The molecule has 0 saturated carbocycles. The molecule has 9 aromatic rings. The third kappa shape index (κ3) is 9.66. The summed E-state index contributed by atoms with van der Waals surface area (Å²) >= 11 is 0. The molecule has 0 spiro atoms. The number of aryl methyl sites for hydroxylation is 2. The van der Waals surface area contributed by atoms with Gasteiger partial charge in [0.25, 0.3) is 0 Å². The Morgan fingerprint density at radius 1 is 0.623 bits per heavy atom. The van der Waals surface area contributed by atoms with Gasteiger partial charge in [-0.15, -0.1) is 29.3 Å². The Labute approximate surface area is 429 Å². The van der Waals surface area contributed by atoms with E-state index in [1.807, 2.05) is 65.4 Å². The zero-order valence-electron chi connectivity index (χ0n) is 44.7. The number of nitrogens with zero attached hydrogens (tertiary/aromatic N) is 3. The number of hydrogen-bond acceptors (Lipinski definition) is 3. The number of para-hydroxylation sites is 1. The summed E-state index contributed by atoms with van der Waals surface area (Å²) < 4.78 is 29.7. The molecule has 0 atom stereocenters. The number of imidazole rings is 1. The summed E-state index contributed by atoms with van der Waals surface area (Å²) in [7, 11) is 0. The summed E-state index contributed by atoms with van der Waals surface area (Å²) in [5, 5.41) is 12.4. The minimum atomic E-state index is -2.55. The first kappa shape index (κ1) is 45.1. The molecular formula is C64H64N3OPt-. The van der Waals surface area contributed by atoms with Crippen molar-refractivity contribution in [3.63, 3.8) is 0 Å². The average molecular weight is 1090 g/mol. The second kappa shape index (κ2) is 19.2. The van der Waals surface area contributed by atoms with E-state index in [1.54, 1.807) is 0 Å². The van der Waals surface area contributed by atoms with Gasteiger partial charge in [-0.2, -0.15) is 0 Å². The van der Waals surface area contributed by atoms with E-state index in [-0.39, 0.29) is 55.0 Å². The second-order valence-corrected chi connectivity index (χ2v) is 21.1. The van der Waals surface area contributed by atoms with Crippen molar-refractivity contribution in [2.45, 2.75) is 106 Å². The maximum absolute atomic E-state index is 12.4. The number of phenolic OH excluding ortho intramolecular Hbond substituents is 1. The minimum absolute atomic E-state index is 0. The van der Waals surface area contributed by atoms with E-state index >= 15 is 0 Å².